The van der Waals surface area contributed by atoms with E-state index in [0.29, 0.717) is 10.9 Å². The molecule has 0 spiro atoms. The fourth-order valence-corrected chi connectivity index (χ4v) is 4.80. The molecule has 0 aliphatic carbocycles. The van der Waals surface area contributed by atoms with Crippen molar-refractivity contribution in [2.75, 3.05) is 7.11 Å². The Morgan fingerprint density at radius 2 is 1.40 bits per heavy atom. The second-order valence-electron chi connectivity index (χ2n) is 7.89. The van der Waals surface area contributed by atoms with E-state index < -0.39 is 11.3 Å². The summed E-state index contributed by atoms with van der Waals surface area (Å²) >= 11 is 6.42. The predicted molar refractivity (Wildman–Crippen MR) is 137 cm³/mol. The average molecular weight is 478 g/mol. The van der Waals surface area contributed by atoms with Crippen molar-refractivity contribution in [2.45, 2.75) is 5.54 Å². The molecule has 0 aliphatic rings. The van der Waals surface area contributed by atoms with Crippen LogP contribution in [0.1, 0.15) is 27.2 Å². The van der Waals surface area contributed by atoms with Gasteiger partial charge in [0, 0.05) is 6.07 Å². The standard InChI is InChI=1S/C29H20ClN3O2/c1-3-24(34)27-26-23(19-25(30)31-27)33(32-28(26)35-2)29(20-13-7-4-8-14-20,21-15-9-5-10-16-21)22-17-11-6-12-18-22/h1,4-19H,2H3. The zero-order valence-corrected chi connectivity index (χ0v) is 19.6. The van der Waals surface area contributed by atoms with Crippen molar-refractivity contribution in [3.05, 3.63) is 125 Å². The van der Waals surface area contributed by atoms with E-state index in [1.165, 1.54) is 7.11 Å². The lowest BCUT2D eigenvalue weighted by atomic mass is 9.77. The van der Waals surface area contributed by atoms with Gasteiger partial charge < -0.3 is 4.74 Å². The summed E-state index contributed by atoms with van der Waals surface area (Å²) in [6, 6.07) is 31.8. The van der Waals surface area contributed by atoms with Crippen molar-refractivity contribution in [1.82, 2.24) is 14.8 Å². The maximum Gasteiger partial charge on any atom is 0.254 e. The Balaban J connectivity index is 2.02. The molecule has 5 nitrogen and oxygen atoms in total. The molecule has 0 saturated heterocycles. The Hall–Kier alpha value is -4.40. The molecule has 0 amide bonds. The molecular weight excluding hydrogens is 458 g/mol. The van der Waals surface area contributed by atoms with Gasteiger partial charge in [0.1, 0.15) is 16.4 Å². The maximum atomic E-state index is 12.7. The molecule has 0 atom stereocenters. The summed E-state index contributed by atoms with van der Waals surface area (Å²) in [5.74, 6) is 1.78. The molecule has 0 N–H and O–H groups in total. The minimum atomic E-state index is -0.931. The Bertz CT molecular complexity index is 1460. The largest absolute Gasteiger partial charge is 0.479 e. The first kappa shape index (κ1) is 22.4. The Kier molecular flexibility index (Phi) is 5.82. The highest BCUT2D eigenvalue weighted by molar-refractivity contribution is 6.31. The van der Waals surface area contributed by atoms with E-state index in [2.05, 4.69) is 47.3 Å². The summed E-state index contributed by atoms with van der Waals surface area (Å²) in [4.78, 5) is 16.9. The SMILES string of the molecule is C#CC(=O)c1nc(Cl)cc2c1c(OC)nn2C(c1ccccc1)(c1ccccc1)c1ccccc1. The van der Waals surface area contributed by atoms with E-state index in [0.717, 1.165) is 16.7 Å². The molecule has 0 aliphatic heterocycles. The van der Waals surface area contributed by atoms with Crippen LogP contribution < -0.4 is 4.74 Å². The molecule has 2 aromatic heterocycles. The summed E-state index contributed by atoms with van der Waals surface area (Å²) in [6.07, 6.45) is 5.45. The summed E-state index contributed by atoms with van der Waals surface area (Å²) < 4.78 is 7.50. The van der Waals surface area contributed by atoms with Crippen LogP contribution in [-0.2, 0) is 5.54 Å². The van der Waals surface area contributed by atoms with Gasteiger partial charge in [-0.1, -0.05) is 103 Å². The van der Waals surface area contributed by atoms with Gasteiger partial charge >= 0.3 is 0 Å². The molecule has 5 aromatic rings. The molecule has 0 bridgehead atoms. The number of hydrogen-bond donors (Lipinski definition) is 0. The predicted octanol–water partition coefficient (Wildman–Crippen LogP) is 5.75. The third-order valence-corrected chi connectivity index (χ3v) is 6.23. The van der Waals surface area contributed by atoms with Crippen LogP contribution in [-0.4, -0.2) is 27.7 Å². The number of methoxy groups -OCH3 is 1. The normalized spacial score (nSPS) is 11.2. The molecule has 0 radical (unpaired) electrons. The number of ether oxygens (including phenoxy) is 1. The van der Waals surface area contributed by atoms with Crippen molar-refractivity contribution >= 4 is 28.3 Å². The Morgan fingerprint density at radius 3 is 1.83 bits per heavy atom. The quantitative estimate of drug-likeness (QED) is 0.103. The minimum absolute atomic E-state index is 0.0289. The van der Waals surface area contributed by atoms with Crippen LogP contribution in [0.25, 0.3) is 10.9 Å². The van der Waals surface area contributed by atoms with Crippen molar-refractivity contribution < 1.29 is 9.53 Å². The van der Waals surface area contributed by atoms with Gasteiger partial charge in [-0.25, -0.2) is 9.67 Å². The molecule has 0 fully saturated rings. The highest BCUT2D eigenvalue weighted by atomic mass is 35.5. The fourth-order valence-electron chi connectivity index (χ4n) is 4.61. The second kappa shape index (κ2) is 9.09. The zero-order valence-electron chi connectivity index (χ0n) is 18.9. The number of rotatable bonds is 6. The average Bonchev–Trinajstić information content (AvgIpc) is 3.28. The number of carbonyl (C=O) groups excluding carboxylic acids is 1. The number of ketones is 1. The van der Waals surface area contributed by atoms with Gasteiger partial charge in [0.2, 0.25) is 5.88 Å². The van der Waals surface area contributed by atoms with Gasteiger partial charge in [0.15, 0.2) is 0 Å². The molecule has 5 rings (SSSR count). The Morgan fingerprint density at radius 1 is 0.914 bits per heavy atom. The number of nitrogens with zero attached hydrogens (tertiary/aromatic N) is 3. The van der Waals surface area contributed by atoms with Crippen LogP contribution in [0.15, 0.2) is 97.1 Å². The summed E-state index contributed by atoms with van der Waals surface area (Å²) in [7, 11) is 1.50. The van der Waals surface area contributed by atoms with E-state index in [-0.39, 0.29) is 16.7 Å². The van der Waals surface area contributed by atoms with Crippen LogP contribution in [0, 0.1) is 12.3 Å². The van der Waals surface area contributed by atoms with E-state index in [4.69, 9.17) is 27.9 Å². The van der Waals surface area contributed by atoms with Gasteiger partial charge in [-0.3, -0.25) is 4.79 Å². The van der Waals surface area contributed by atoms with Crippen LogP contribution in [0.2, 0.25) is 5.15 Å². The van der Waals surface area contributed by atoms with Gasteiger partial charge in [-0.2, -0.15) is 0 Å². The number of terminal acetylenes is 1. The number of aromatic nitrogens is 3. The number of hydrogen-bond acceptors (Lipinski definition) is 4. The third-order valence-electron chi connectivity index (χ3n) is 6.03. The molecule has 2 heterocycles. The molecule has 170 valence electrons. The van der Waals surface area contributed by atoms with Crippen LogP contribution >= 0.6 is 11.6 Å². The lowest BCUT2D eigenvalue weighted by molar-refractivity contribution is 0.105. The van der Waals surface area contributed by atoms with Crippen molar-refractivity contribution in [3.8, 4) is 18.2 Å². The molecule has 3 aromatic carbocycles. The zero-order chi connectivity index (χ0) is 24.4. The van der Waals surface area contributed by atoms with Gasteiger partial charge in [0.05, 0.1) is 18.0 Å². The number of Topliss-reactive ketones (excluding diaryl/α,β-unsaturated/α-hetero) is 1. The molecule has 0 saturated carbocycles. The maximum absolute atomic E-state index is 12.7. The van der Waals surface area contributed by atoms with Crippen LogP contribution in [0.5, 0.6) is 5.88 Å². The highest BCUT2D eigenvalue weighted by Crippen LogP contribution is 2.44. The third kappa shape index (κ3) is 3.56. The first-order valence-corrected chi connectivity index (χ1v) is 11.3. The fraction of sp³-hybridized carbons (Fsp3) is 0.0690. The van der Waals surface area contributed by atoms with Gasteiger partial charge in [-0.05, 0) is 22.6 Å². The lowest BCUT2D eigenvalue weighted by Gasteiger charge is -2.36. The van der Waals surface area contributed by atoms with E-state index in [9.17, 15) is 4.79 Å². The summed E-state index contributed by atoms with van der Waals surface area (Å²) in [5, 5.41) is 5.44. The van der Waals surface area contributed by atoms with Crippen molar-refractivity contribution in [2.24, 2.45) is 0 Å². The summed E-state index contributed by atoms with van der Waals surface area (Å²) in [6.45, 7) is 0. The van der Waals surface area contributed by atoms with E-state index in [1.807, 2.05) is 59.3 Å². The van der Waals surface area contributed by atoms with Crippen LogP contribution in [0.4, 0.5) is 0 Å². The molecule has 0 unspecified atom stereocenters. The number of benzene rings is 3. The minimum Gasteiger partial charge on any atom is -0.479 e. The summed E-state index contributed by atoms with van der Waals surface area (Å²) in [5.41, 5.74) is 2.55. The smallest absolute Gasteiger partial charge is 0.254 e. The number of halogens is 1. The molecular formula is C29H20ClN3O2. The van der Waals surface area contributed by atoms with Crippen molar-refractivity contribution in [3.63, 3.8) is 0 Å². The first-order valence-electron chi connectivity index (χ1n) is 10.9. The first-order chi connectivity index (χ1) is 17.1. The number of carbonyl (C=O) groups is 1. The van der Waals surface area contributed by atoms with Gasteiger partial charge in [0.25, 0.3) is 5.78 Å². The monoisotopic (exact) mass is 477 g/mol. The van der Waals surface area contributed by atoms with Gasteiger partial charge in [-0.15, -0.1) is 11.5 Å². The topological polar surface area (TPSA) is 57.0 Å². The lowest BCUT2D eigenvalue weighted by Crippen LogP contribution is -2.38. The molecule has 6 heteroatoms. The second-order valence-corrected chi connectivity index (χ2v) is 8.28. The number of pyridine rings is 1. The number of fused-ring (bicyclic) bond motifs is 1. The van der Waals surface area contributed by atoms with E-state index in [1.54, 1.807) is 6.07 Å². The van der Waals surface area contributed by atoms with Crippen molar-refractivity contribution in [1.29, 1.82) is 0 Å². The Labute approximate surface area is 208 Å². The highest BCUT2D eigenvalue weighted by Gasteiger charge is 2.41. The van der Waals surface area contributed by atoms with Crippen LogP contribution in [0.3, 0.4) is 0 Å². The molecule has 35 heavy (non-hydrogen) atoms. The van der Waals surface area contributed by atoms with E-state index >= 15 is 0 Å².